The van der Waals surface area contributed by atoms with Gasteiger partial charge in [0.05, 0.1) is 0 Å². The van der Waals surface area contributed by atoms with Crippen LogP contribution in [0.25, 0.3) is 0 Å². The van der Waals surface area contributed by atoms with E-state index < -0.39 is 0 Å². The van der Waals surface area contributed by atoms with E-state index in [9.17, 15) is 9.59 Å². The maximum Gasteiger partial charge on any atom is 0.254 e. The molecular formula is C17H23NO2. The number of nitrogens with zero attached hydrogens (tertiary/aromatic N) is 1. The zero-order valence-corrected chi connectivity index (χ0v) is 12.4. The van der Waals surface area contributed by atoms with Crippen LogP contribution in [0.1, 0.15) is 66.7 Å². The molecule has 3 nitrogen and oxygen atoms in total. The topological polar surface area (TPSA) is 37.4 Å². The van der Waals surface area contributed by atoms with Gasteiger partial charge < -0.3 is 4.90 Å². The smallest absolute Gasteiger partial charge is 0.254 e. The molecule has 0 N–H and O–H groups in total. The SMILES string of the molecule is CCN(C(=O)c1ccc(C(C)=O)cc1)C1CCCCC1. The van der Waals surface area contributed by atoms with Crippen molar-refractivity contribution in [3.05, 3.63) is 35.4 Å². The monoisotopic (exact) mass is 273 g/mol. The Kier molecular flexibility index (Phi) is 4.94. The highest BCUT2D eigenvalue weighted by Crippen LogP contribution is 2.24. The molecule has 1 amide bonds. The first-order chi connectivity index (χ1) is 9.63. The van der Waals surface area contributed by atoms with Crippen LogP contribution >= 0.6 is 0 Å². The van der Waals surface area contributed by atoms with Gasteiger partial charge in [-0.15, -0.1) is 0 Å². The number of carbonyl (C=O) groups excluding carboxylic acids is 2. The second-order valence-electron chi connectivity index (χ2n) is 5.52. The molecule has 1 aliphatic carbocycles. The number of Topliss-reactive ketones (excluding diaryl/α,β-unsaturated/α-hetero) is 1. The molecule has 0 radical (unpaired) electrons. The Hall–Kier alpha value is -1.64. The zero-order chi connectivity index (χ0) is 14.5. The first-order valence-electron chi connectivity index (χ1n) is 7.55. The third kappa shape index (κ3) is 3.27. The molecule has 0 saturated heterocycles. The van der Waals surface area contributed by atoms with E-state index in [1.807, 2.05) is 11.8 Å². The highest BCUT2D eigenvalue weighted by Gasteiger charge is 2.24. The molecule has 3 heteroatoms. The number of amides is 1. The van der Waals surface area contributed by atoms with Crippen LogP contribution in [-0.4, -0.2) is 29.2 Å². The molecule has 0 atom stereocenters. The fourth-order valence-electron chi connectivity index (χ4n) is 2.97. The van der Waals surface area contributed by atoms with Crippen LogP contribution in [-0.2, 0) is 0 Å². The van der Waals surface area contributed by atoms with Gasteiger partial charge in [0.1, 0.15) is 0 Å². The quantitative estimate of drug-likeness (QED) is 0.785. The summed E-state index contributed by atoms with van der Waals surface area (Å²) in [6.45, 7) is 4.33. The normalized spacial score (nSPS) is 15.9. The first-order valence-corrected chi connectivity index (χ1v) is 7.55. The number of rotatable bonds is 4. The number of carbonyl (C=O) groups is 2. The van der Waals surface area contributed by atoms with E-state index in [4.69, 9.17) is 0 Å². The average Bonchev–Trinajstić information content (AvgIpc) is 2.49. The minimum Gasteiger partial charge on any atom is -0.336 e. The molecule has 2 rings (SSSR count). The van der Waals surface area contributed by atoms with E-state index in [-0.39, 0.29) is 11.7 Å². The van der Waals surface area contributed by atoms with Gasteiger partial charge in [-0.2, -0.15) is 0 Å². The van der Waals surface area contributed by atoms with Gasteiger partial charge in [-0.1, -0.05) is 31.4 Å². The lowest BCUT2D eigenvalue weighted by atomic mass is 9.93. The van der Waals surface area contributed by atoms with Crippen LogP contribution in [0.15, 0.2) is 24.3 Å². The van der Waals surface area contributed by atoms with Gasteiger partial charge in [0.15, 0.2) is 5.78 Å². The van der Waals surface area contributed by atoms with Crippen molar-refractivity contribution >= 4 is 11.7 Å². The summed E-state index contributed by atoms with van der Waals surface area (Å²) in [5.41, 5.74) is 1.34. The molecule has 108 valence electrons. The Balaban J connectivity index is 2.13. The lowest BCUT2D eigenvalue weighted by Crippen LogP contribution is -2.41. The lowest BCUT2D eigenvalue weighted by Gasteiger charge is -2.33. The number of benzene rings is 1. The van der Waals surface area contributed by atoms with Crippen LogP contribution in [0.2, 0.25) is 0 Å². The highest BCUT2D eigenvalue weighted by molar-refractivity contribution is 5.97. The third-order valence-corrected chi connectivity index (χ3v) is 4.16. The van der Waals surface area contributed by atoms with Crippen molar-refractivity contribution in [2.75, 3.05) is 6.54 Å². The van der Waals surface area contributed by atoms with E-state index in [0.717, 1.165) is 19.4 Å². The molecule has 0 bridgehead atoms. The van der Waals surface area contributed by atoms with Gasteiger partial charge in [-0.25, -0.2) is 0 Å². The summed E-state index contributed by atoms with van der Waals surface area (Å²) in [6.07, 6.45) is 5.96. The molecule has 1 aromatic carbocycles. The Morgan fingerprint density at radius 3 is 2.10 bits per heavy atom. The molecule has 0 aromatic heterocycles. The Bertz CT molecular complexity index is 472. The summed E-state index contributed by atoms with van der Waals surface area (Å²) in [5, 5.41) is 0. The summed E-state index contributed by atoms with van der Waals surface area (Å²) in [4.78, 5) is 25.9. The fraction of sp³-hybridized carbons (Fsp3) is 0.529. The van der Waals surface area contributed by atoms with Crippen molar-refractivity contribution in [2.24, 2.45) is 0 Å². The van der Waals surface area contributed by atoms with Gasteiger partial charge in [-0.3, -0.25) is 9.59 Å². The average molecular weight is 273 g/mol. The second kappa shape index (κ2) is 6.69. The van der Waals surface area contributed by atoms with E-state index >= 15 is 0 Å². The Labute approximate surface area is 121 Å². The minimum absolute atomic E-state index is 0.0311. The van der Waals surface area contributed by atoms with E-state index in [1.54, 1.807) is 24.3 Å². The molecule has 1 saturated carbocycles. The zero-order valence-electron chi connectivity index (χ0n) is 12.4. The molecule has 20 heavy (non-hydrogen) atoms. The standard InChI is InChI=1S/C17H23NO2/c1-3-18(16-7-5-4-6-8-16)17(20)15-11-9-14(10-12-15)13(2)19/h9-12,16H,3-8H2,1-2H3. The van der Waals surface area contributed by atoms with Crippen molar-refractivity contribution < 1.29 is 9.59 Å². The van der Waals surface area contributed by atoms with Crippen LogP contribution < -0.4 is 0 Å². The fourth-order valence-corrected chi connectivity index (χ4v) is 2.97. The predicted octanol–water partition coefficient (Wildman–Crippen LogP) is 3.68. The summed E-state index contributed by atoms with van der Waals surface area (Å²) >= 11 is 0. The number of ketones is 1. The predicted molar refractivity (Wildman–Crippen MR) is 80.0 cm³/mol. The summed E-state index contributed by atoms with van der Waals surface area (Å²) < 4.78 is 0. The minimum atomic E-state index is 0.0311. The van der Waals surface area contributed by atoms with Gasteiger partial charge in [0, 0.05) is 23.7 Å². The van der Waals surface area contributed by atoms with Crippen molar-refractivity contribution in [1.29, 1.82) is 0 Å². The molecule has 0 spiro atoms. The summed E-state index contributed by atoms with van der Waals surface area (Å²) in [5.74, 6) is 0.123. The van der Waals surface area contributed by atoms with Gasteiger partial charge in [0.25, 0.3) is 5.91 Å². The highest BCUT2D eigenvalue weighted by atomic mass is 16.2. The molecule has 1 aliphatic rings. The molecule has 1 fully saturated rings. The third-order valence-electron chi connectivity index (χ3n) is 4.16. The van der Waals surface area contributed by atoms with Crippen LogP contribution in [0.4, 0.5) is 0 Å². The molecule has 0 unspecified atom stereocenters. The lowest BCUT2D eigenvalue weighted by molar-refractivity contribution is 0.0647. The van der Waals surface area contributed by atoms with Crippen LogP contribution in [0.3, 0.4) is 0 Å². The van der Waals surface area contributed by atoms with Crippen molar-refractivity contribution in [3.63, 3.8) is 0 Å². The van der Waals surface area contributed by atoms with Crippen molar-refractivity contribution in [2.45, 2.75) is 52.0 Å². The molecule has 0 heterocycles. The number of hydrogen-bond acceptors (Lipinski definition) is 2. The van der Waals surface area contributed by atoms with Crippen LogP contribution in [0.5, 0.6) is 0 Å². The maximum atomic E-state index is 12.6. The van der Waals surface area contributed by atoms with Crippen LogP contribution in [0, 0.1) is 0 Å². The van der Waals surface area contributed by atoms with Gasteiger partial charge >= 0.3 is 0 Å². The van der Waals surface area contributed by atoms with E-state index in [2.05, 4.69) is 0 Å². The molecular weight excluding hydrogens is 250 g/mol. The van der Waals surface area contributed by atoms with Crippen molar-refractivity contribution in [1.82, 2.24) is 4.90 Å². The largest absolute Gasteiger partial charge is 0.336 e. The molecule has 0 aliphatic heterocycles. The summed E-state index contributed by atoms with van der Waals surface area (Å²) in [7, 11) is 0. The summed E-state index contributed by atoms with van der Waals surface area (Å²) in [6, 6.07) is 7.40. The van der Waals surface area contributed by atoms with Crippen molar-refractivity contribution in [3.8, 4) is 0 Å². The second-order valence-corrected chi connectivity index (χ2v) is 5.52. The molecule has 1 aromatic rings. The number of hydrogen-bond donors (Lipinski definition) is 0. The maximum absolute atomic E-state index is 12.6. The van der Waals surface area contributed by atoms with E-state index in [0.29, 0.717) is 17.2 Å². The van der Waals surface area contributed by atoms with Gasteiger partial charge in [0.2, 0.25) is 0 Å². The Morgan fingerprint density at radius 2 is 1.60 bits per heavy atom. The van der Waals surface area contributed by atoms with Gasteiger partial charge in [-0.05, 0) is 38.8 Å². The van der Waals surface area contributed by atoms with E-state index in [1.165, 1.54) is 26.2 Å². The Morgan fingerprint density at radius 1 is 1.05 bits per heavy atom. The first kappa shape index (κ1) is 14.8.